The number of anilines is 2. The second kappa shape index (κ2) is 5.50. The first-order chi connectivity index (χ1) is 7.61. The largest absolute Gasteiger partial charge is 0.504 e. The molecule has 2 rings (SSSR count). The maximum Gasteiger partial charge on any atom is 0.157 e. The van der Waals surface area contributed by atoms with Crippen LogP contribution in [0, 0.1) is 0 Å². The fourth-order valence-electron chi connectivity index (χ4n) is 0.975. The van der Waals surface area contributed by atoms with Gasteiger partial charge in [0.05, 0.1) is 11.4 Å². The number of rotatable bonds is 0. The summed E-state index contributed by atoms with van der Waals surface area (Å²) in [5.74, 6) is -0.153. The molecule has 84 valence electrons. The maximum absolute atomic E-state index is 8.67. The van der Waals surface area contributed by atoms with Crippen LogP contribution in [0.15, 0.2) is 48.5 Å². The van der Waals surface area contributed by atoms with Crippen LogP contribution >= 0.6 is 0 Å². The zero-order valence-corrected chi connectivity index (χ0v) is 8.67. The second-order valence-corrected chi connectivity index (χ2v) is 3.12. The summed E-state index contributed by atoms with van der Waals surface area (Å²) in [6.07, 6.45) is 0. The summed E-state index contributed by atoms with van der Waals surface area (Å²) in [6, 6.07) is 13.4. The first kappa shape index (κ1) is 11.7. The molecule has 4 heteroatoms. The minimum atomic E-state index is -0.0764. The van der Waals surface area contributed by atoms with Crippen molar-refractivity contribution in [2.45, 2.75) is 0 Å². The molecule has 0 atom stereocenters. The number of phenolic OH excluding ortho intramolecular Hbond substituents is 2. The van der Waals surface area contributed by atoms with Gasteiger partial charge in [-0.1, -0.05) is 24.3 Å². The maximum atomic E-state index is 8.67. The minimum absolute atomic E-state index is 0.0764. The molecule has 0 saturated heterocycles. The Morgan fingerprint density at radius 2 is 0.938 bits per heavy atom. The molecular formula is C12H14N2O2. The van der Waals surface area contributed by atoms with Gasteiger partial charge in [0.15, 0.2) is 11.5 Å². The molecular weight excluding hydrogens is 204 g/mol. The Bertz CT molecular complexity index is 373. The van der Waals surface area contributed by atoms with Crippen molar-refractivity contribution in [2.24, 2.45) is 0 Å². The van der Waals surface area contributed by atoms with Gasteiger partial charge in [0, 0.05) is 0 Å². The molecule has 2 aromatic rings. The number of phenols is 2. The average Bonchev–Trinajstić information content (AvgIpc) is 2.28. The summed E-state index contributed by atoms with van der Waals surface area (Å²) in [5.41, 5.74) is 12.1. The molecule has 0 amide bonds. The number of hydrogen-bond donors (Lipinski definition) is 4. The van der Waals surface area contributed by atoms with E-state index in [-0.39, 0.29) is 11.5 Å². The molecule has 0 aliphatic rings. The number of hydrogen-bond acceptors (Lipinski definition) is 4. The lowest BCUT2D eigenvalue weighted by Crippen LogP contribution is -1.91. The van der Waals surface area contributed by atoms with E-state index in [1.807, 2.05) is 12.1 Å². The van der Waals surface area contributed by atoms with Crippen LogP contribution in [0.5, 0.6) is 11.5 Å². The lowest BCUT2D eigenvalue weighted by molar-refractivity contribution is 0.404. The zero-order valence-electron chi connectivity index (χ0n) is 8.67. The van der Waals surface area contributed by atoms with Crippen molar-refractivity contribution >= 4 is 11.4 Å². The third-order valence-electron chi connectivity index (χ3n) is 1.88. The van der Waals surface area contributed by atoms with E-state index < -0.39 is 0 Å². The quantitative estimate of drug-likeness (QED) is 0.401. The van der Waals surface area contributed by atoms with Gasteiger partial charge in [0.1, 0.15) is 0 Å². The van der Waals surface area contributed by atoms with Gasteiger partial charge in [-0.15, -0.1) is 0 Å². The molecule has 0 spiro atoms. The van der Waals surface area contributed by atoms with Gasteiger partial charge >= 0.3 is 0 Å². The molecule has 0 aromatic heterocycles. The van der Waals surface area contributed by atoms with Gasteiger partial charge < -0.3 is 21.7 Å². The van der Waals surface area contributed by atoms with E-state index in [9.17, 15) is 0 Å². The molecule has 0 bridgehead atoms. The van der Waals surface area contributed by atoms with E-state index in [2.05, 4.69) is 0 Å². The summed E-state index contributed by atoms with van der Waals surface area (Å²) in [6.45, 7) is 0. The first-order valence-electron chi connectivity index (χ1n) is 4.68. The highest BCUT2D eigenvalue weighted by atomic mass is 16.3. The van der Waals surface area contributed by atoms with Crippen LogP contribution in [-0.2, 0) is 0 Å². The lowest BCUT2D eigenvalue weighted by atomic mass is 10.3. The Kier molecular flexibility index (Phi) is 4.03. The van der Waals surface area contributed by atoms with Crippen LogP contribution in [0.1, 0.15) is 0 Å². The highest BCUT2D eigenvalue weighted by Crippen LogP contribution is 2.21. The number of aromatic hydroxyl groups is 2. The first-order valence-corrected chi connectivity index (χ1v) is 4.68. The Morgan fingerprint density at radius 3 is 1.19 bits per heavy atom. The number of benzene rings is 2. The molecule has 0 radical (unpaired) electrons. The van der Waals surface area contributed by atoms with E-state index in [0.717, 1.165) is 0 Å². The van der Waals surface area contributed by atoms with Gasteiger partial charge in [0.2, 0.25) is 0 Å². The van der Waals surface area contributed by atoms with Gasteiger partial charge in [0.25, 0.3) is 0 Å². The monoisotopic (exact) mass is 218 g/mol. The highest BCUT2D eigenvalue weighted by Gasteiger charge is 1.90. The summed E-state index contributed by atoms with van der Waals surface area (Å²) < 4.78 is 0. The van der Waals surface area contributed by atoms with E-state index in [0.29, 0.717) is 11.4 Å². The predicted molar refractivity (Wildman–Crippen MR) is 65.0 cm³/mol. The fourth-order valence-corrected chi connectivity index (χ4v) is 0.975. The summed E-state index contributed by atoms with van der Waals surface area (Å²) >= 11 is 0. The smallest absolute Gasteiger partial charge is 0.157 e. The zero-order chi connectivity index (χ0) is 12.0. The topological polar surface area (TPSA) is 92.5 Å². The van der Waals surface area contributed by atoms with Crippen molar-refractivity contribution in [1.29, 1.82) is 0 Å². The molecule has 0 aliphatic heterocycles. The number of nitrogens with two attached hydrogens (primary N) is 2. The normalized spacial score (nSPS) is 9.00. The van der Waals surface area contributed by atoms with Crippen molar-refractivity contribution in [2.75, 3.05) is 11.5 Å². The van der Waals surface area contributed by atoms with E-state index in [4.69, 9.17) is 21.7 Å². The number of nitrogen functional groups attached to an aromatic ring is 2. The Labute approximate surface area is 93.8 Å². The second-order valence-electron chi connectivity index (χ2n) is 3.12. The molecule has 2 aromatic carbocycles. The third kappa shape index (κ3) is 3.42. The molecule has 16 heavy (non-hydrogen) atoms. The summed E-state index contributed by atoms with van der Waals surface area (Å²) in [7, 11) is 0. The lowest BCUT2D eigenvalue weighted by Gasteiger charge is -1.94. The highest BCUT2D eigenvalue weighted by molar-refractivity contribution is 5.62. The fraction of sp³-hybridized carbons (Fsp3) is 0. The molecule has 0 aliphatic carbocycles. The molecule has 0 unspecified atom stereocenters. The SMILES string of the molecule is Nc1ccccc1N.Oc1ccccc1O. The third-order valence-corrected chi connectivity index (χ3v) is 1.88. The Morgan fingerprint density at radius 1 is 0.625 bits per heavy atom. The van der Waals surface area contributed by atoms with Crippen molar-refractivity contribution in [1.82, 2.24) is 0 Å². The van der Waals surface area contributed by atoms with Crippen LogP contribution in [0.3, 0.4) is 0 Å². The average molecular weight is 218 g/mol. The molecule has 4 nitrogen and oxygen atoms in total. The van der Waals surface area contributed by atoms with Crippen LogP contribution in [0.2, 0.25) is 0 Å². The van der Waals surface area contributed by atoms with Crippen LogP contribution in [0.25, 0.3) is 0 Å². The molecule has 0 fully saturated rings. The minimum Gasteiger partial charge on any atom is -0.504 e. The Hall–Kier alpha value is -2.36. The summed E-state index contributed by atoms with van der Waals surface area (Å²) in [5, 5.41) is 17.3. The van der Waals surface area contributed by atoms with Crippen molar-refractivity contribution < 1.29 is 10.2 Å². The summed E-state index contributed by atoms with van der Waals surface area (Å²) in [4.78, 5) is 0. The van der Waals surface area contributed by atoms with E-state index in [1.54, 1.807) is 24.3 Å². The van der Waals surface area contributed by atoms with Gasteiger partial charge in [-0.3, -0.25) is 0 Å². The number of para-hydroxylation sites is 4. The molecule has 6 N–H and O–H groups in total. The van der Waals surface area contributed by atoms with Crippen molar-refractivity contribution in [3.05, 3.63) is 48.5 Å². The van der Waals surface area contributed by atoms with Gasteiger partial charge in [-0.25, -0.2) is 0 Å². The van der Waals surface area contributed by atoms with E-state index >= 15 is 0 Å². The standard InChI is InChI=1S/C6H8N2.C6H6O2/c2*7-5-3-1-2-4-6(5)8/h1-4H,7-8H2;1-4,7-8H. The van der Waals surface area contributed by atoms with Gasteiger partial charge in [-0.05, 0) is 24.3 Å². The molecule has 0 heterocycles. The van der Waals surface area contributed by atoms with Crippen LogP contribution in [-0.4, -0.2) is 10.2 Å². The predicted octanol–water partition coefficient (Wildman–Crippen LogP) is 1.95. The van der Waals surface area contributed by atoms with Gasteiger partial charge in [-0.2, -0.15) is 0 Å². The van der Waals surface area contributed by atoms with Crippen LogP contribution < -0.4 is 11.5 Å². The molecule has 0 saturated carbocycles. The van der Waals surface area contributed by atoms with Crippen LogP contribution in [0.4, 0.5) is 11.4 Å². The van der Waals surface area contributed by atoms with Crippen molar-refractivity contribution in [3.8, 4) is 11.5 Å². The van der Waals surface area contributed by atoms with Crippen molar-refractivity contribution in [3.63, 3.8) is 0 Å². The Balaban J connectivity index is 0.000000160. The van der Waals surface area contributed by atoms with E-state index in [1.165, 1.54) is 12.1 Å².